The number of carbonyl (C=O) groups is 2. The van der Waals surface area contributed by atoms with Gasteiger partial charge < -0.3 is 15.4 Å². The van der Waals surface area contributed by atoms with Crippen molar-refractivity contribution in [3.8, 4) is 0 Å². The number of hydrogen-bond donors (Lipinski definition) is 2. The molecule has 0 spiro atoms. The molecule has 0 fully saturated rings. The fourth-order valence-corrected chi connectivity index (χ4v) is 2.13. The van der Waals surface area contributed by atoms with E-state index in [1.54, 1.807) is 12.1 Å². The molecule has 2 aromatic rings. The van der Waals surface area contributed by atoms with Crippen molar-refractivity contribution < 1.29 is 14.3 Å². The second-order valence-electron chi connectivity index (χ2n) is 5.27. The van der Waals surface area contributed by atoms with E-state index in [2.05, 4.69) is 10.6 Å². The Hall–Kier alpha value is -2.37. The average molecular weight is 347 g/mol. The highest BCUT2D eigenvalue weighted by molar-refractivity contribution is 6.31. The van der Waals surface area contributed by atoms with E-state index in [0.717, 1.165) is 11.1 Å². The molecular formula is C18H19ClN2O3. The monoisotopic (exact) mass is 346 g/mol. The summed E-state index contributed by atoms with van der Waals surface area (Å²) in [6.45, 7) is 1.93. The topological polar surface area (TPSA) is 67.4 Å². The molecule has 0 aliphatic rings. The van der Waals surface area contributed by atoms with E-state index in [1.165, 1.54) is 0 Å². The van der Waals surface area contributed by atoms with Gasteiger partial charge in [-0.15, -0.1) is 0 Å². The van der Waals surface area contributed by atoms with E-state index < -0.39 is 0 Å². The number of hydrogen-bond acceptors (Lipinski definition) is 3. The molecule has 0 radical (unpaired) electrons. The molecular weight excluding hydrogens is 328 g/mol. The molecule has 24 heavy (non-hydrogen) atoms. The van der Waals surface area contributed by atoms with Crippen LogP contribution in [0.3, 0.4) is 0 Å². The van der Waals surface area contributed by atoms with Gasteiger partial charge in [0.15, 0.2) is 0 Å². The van der Waals surface area contributed by atoms with Crippen LogP contribution in [0.25, 0.3) is 0 Å². The number of carbonyl (C=O) groups excluding carboxylic acids is 2. The lowest BCUT2D eigenvalue weighted by Crippen LogP contribution is -2.29. The van der Waals surface area contributed by atoms with Crippen LogP contribution < -0.4 is 10.6 Å². The van der Waals surface area contributed by atoms with Gasteiger partial charge in [0.25, 0.3) is 0 Å². The minimum atomic E-state index is -0.342. The summed E-state index contributed by atoms with van der Waals surface area (Å²) in [4.78, 5) is 23.4. The van der Waals surface area contributed by atoms with Crippen LogP contribution in [0.2, 0.25) is 5.02 Å². The van der Waals surface area contributed by atoms with Gasteiger partial charge in [-0.1, -0.05) is 48.0 Å². The summed E-state index contributed by atoms with van der Waals surface area (Å²) in [5, 5.41) is 5.96. The standard InChI is InChI=1S/C18H19ClN2O3/c1-13-7-8-15(9-16(13)19)21-18(23)12-24-11-17(22)20-10-14-5-3-2-4-6-14/h2-9H,10-12H2,1H3,(H,20,22)(H,21,23). The van der Waals surface area contributed by atoms with Gasteiger partial charge in [-0.2, -0.15) is 0 Å². The summed E-state index contributed by atoms with van der Waals surface area (Å²) in [6.07, 6.45) is 0. The molecule has 0 aliphatic heterocycles. The predicted molar refractivity (Wildman–Crippen MR) is 93.9 cm³/mol. The van der Waals surface area contributed by atoms with Gasteiger partial charge in [0, 0.05) is 17.3 Å². The molecule has 5 nitrogen and oxygen atoms in total. The van der Waals surface area contributed by atoms with Crippen molar-refractivity contribution in [1.82, 2.24) is 5.32 Å². The number of nitrogens with one attached hydrogen (secondary N) is 2. The quantitative estimate of drug-likeness (QED) is 0.810. The molecule has 0 saturated heterocycles. The van der Waals surface area contributed by atoms with Crippen molar-refractivity contribution in [1.29, 1.82) is 0 Å². The molecule has 0 atom stereocenters. The minimum absolute atomic E-state index is 0.172. The molecule has 0 unspecified atom stereocenters. The molecule has 0 bridgehead atoms. The van der Waals surface area contributed by atoms with E-state index in [9.17, 15) is 9.59 Å². The van der Waals surface area contributed by atoms with Crippen LogP contribution in [0, 0.1) is 6.92 Å². The number of anilines is 1. The molecule has 2 N–H and O–H groups in total. The Morgan fingerprint density at radius 3 is 2.46 bits per heavy atom. The van der Waals surface area contributed by atoms with Crippen LogP contribution in [0.5, 0.6) is 0 Å². The van der Waals surface area contributed by atoms with Crippen LogP contribution in [0.15, 0.2) is 48.5 Å². The Morgan fingerprint density at radius 2 is 1.75 bits per heavy atom. The van der Waals surface area contributed by atoms with E-state index in [-0.39, 0.29) is 25.0 Å². The minimum Gasteiger partial charge on any atom is -0.362 e. The highest BCUT2D eigenvalue weighted by atomic mass is 35.5. The maximum Gasteiger partial charge on any atom is 0.250 e. The van der Waals surface area contributed by atoms with Gasteiger partial charge in [0.05, 0.1) is 0 Å². The van der Waals surface area contributed by atoms with Gasteiger partial charge in [-0.25, -0.2) is 0 Å². The highest BCUT2D eigenvalue weighted by Gasteiger charge is 2.07. The third-order valence-electron chi connectivity index (χ3n) is 3.25. The maximum atomic E-state index is 11.8. The van der Waals surface area contributed by atoms with Crippen molar-refractivity contribution in [2.75, 3.05) is 18.5 Å². The summed E-state index contributed by atoms with van der Waals surface area (Å²) in [7, 11) is 0. The first-order valence-corrected chi connectivity index (χ1v) is 7.87. The Labute approximate surface area is 146 Å². The maximum absolute atomic E-state index is 11.8. The number of halogens is 1. The molecule has 2 aromatic carbocycles. The summed E-state index contributed by atoms with van der Waals surface area (Å²) in [5.74, 6) is -0.615. The Kier molecular flexibility index (Phi) is 6.78. The van der Waals surface area contributed by atoms with Crippen molar-refractivity contribution in [3.05, 3.63) is 64.7 Å². The fraction of sp³-hybridized carbons (Fsp3) is 0.222. The zero-order valence-electron chi connectivity index (χ0n) is 13.3. The van der Waals surface area contributed by atoms with E-state index in [1.807, 2.05) is 43.3 Å². The van der Waals surface area contributed by atoms with Crippen molar-refractivity contribution in [3.63, 3.8) is 0 Å². The lowest BCUT2D eigenvalue weighted by atomic mass is 10.2. The van der Waals surface area contributed by atoms with Gasteiger partial charge in [0.2, 0.25) is 11.8 Å². The van der Waals surface area contributed by atoms with E-state index in [4.69, 9.17) is 16.3 Å². The number of benzene rings is 2. The third-order valence-corrected chi connectivity index (χ3v) is 3.66. The van der Waals surface area contributed by atoms with Crippen molar-refractivity contribution in [2.24, 2.45) is 0 Å². The molecule has 0 aliphatic carbocycles. The SMILES string of the molecule is Cc1ccc(NC(=O)COCC(=O)NCc2ccccc2)cc1Cl. The third kappa shape index (κ3) is 6.02. The first kappa shape index (κ1) is 18.0. The molecule has 0 aromatic heterocycles. The second-order valence-corrected chi connectivity index (χ2v) is 5.67. The largest absolute Gasteiger partial charge is 0.362 e. The Morgan fingerprint density at radius 1 is 1.04 bits per heavy atom. The van der Waals surface area contributed by atoms with Gasteiger partial charge in [0.1, 0.15) is 13.2 Å². The molecule has 0 heterocycles. The van der Waals surface area contributed by atoms with Crippen LogP contribution in [-0.2, 0) is 20.9 Å². The molecule has 2 rings (SSSR count). The average Bonchev–Trinajstić information content (AvgIpc) is 2.57. The zero-order chi connectivity index (χ0) is 17.4. The van der Waals surface area contributed by atoms with Crippen LogP contribution in [0.1, 0.15) is 11.1 Å². The van der Waals surface area contributed by atoms with E-state index >= 15 is 0 Å². The number of amides is 2. The zero-order valence-corrected chi connectivity index (χ0v) is 14.1. The highest BCUT2D eigenvalue weighted by Crippen LogP contribution is 2.19. The molecule has 2 amide bonds. The predicted octanol–water partition coefficient (Wildman–Crippen LogP) is 2.92. The molecule has 0 saturated carbocycles. The summed E-state index contributed by atoms with van der Waals surface area (Å²) >= 11 is 5.99. The summed E-state index contributed by atoms with van der Waals surface area (Å²) in [6, 6.07) is 14.8. The van der Waals surface area contributed by atoms with Crippen molar-refractivity contribution >= 4 is 29.1 Å². The van der Waals surface area contributed by atoms with Crippen LogP contribution in [0.4, 0.5) is 5.69 Å². The lowest BCUT2D eigenvalue weighted by molar-refractivity contribution is -0.128. The number of ether oxygens (including phenoxy) is 1. The molecule has 126 valence electrons. The number of aryl methyl sites for hydroxylation is 1. The molecule has 6 heteroatoms. The van der Waals surface area contributed by atoms with Gasteiger partial charge >= 0.3 is 0 Å². The summed E-state index contributed by atoms with van der Waals surface area (Å²) in [5.41, 5.74) is 2.52. The van der Waals surface area contributed by atoms with Crippen LogP contribution >= 0.6 is 11.6 Å². The first-order chi connectivity index (χ1) is 11.5. The van der Waals surface area contributed by atoms with Gasteiger partial charge in [-0.3, -0.25) is 9.59 Å². The van der Waals surface area contributed by atoms with E-state index in [0.29, 0.717) is 17.3 Å². The normalized spacial score (nSPS) is 10.2. The lowest BCUT2D eigenvalue weighted by Gasteiger charge is -2.08. The Balaban J connectivity index is 1.66. The van der Waals surface area contributed by atoms with Gasteiger partial charge in [-0.05, 0) is 30.2 Å². The second kappa shape index (κ2) is 9.05. The number of rotatable bonds is 7. The summed E-state index contributed by atoms with van der Waals surface area (Å²) < 4.78 is 5.11. The fourth-order valence-electron chi connectivity index (χ4n) is 1.95. The van der Waals surface area contributed by atoms with Crippen LogP contribution in [-0.4, -0.2) is 25.0 Å². The Bertz CT molecular complexity index is 705. The van der Waals surface area contributed by atoms with Crippen molar-refractivity contribution in [2.45, 2.75) is 13.5 Å². The smallest absolute Gasteiger partial charge is 0.250 e. The first-order valence-electron chi connectivity index (χ1n) is 7.49.